The molecule has 1 rings (SSSR count). The number of benzene rings is 1. The number of rotatable bonds is 4. The summed E-state index contributed by atoms with van der Waals surface area (Å²) in [5, 5.41) is 3.90. The molecule has 0 fully saturated rings. The highest BCUT2D eigenvalue weighted by molar-refractivity contribution is 6.39. The third-order valence-electron chi connectivity index (χ3n) is 2.17. The van der Waals surface area contributed by atoms with E-state index in [-0.39, 0.29) is 12.5 Å². The average molecular weight is 261 g/mol. The number of nitrogens with zero attached hydrogens (tertiary/aromatic N) is 1. The molecule has 0 unspecified atom stereocenters. The first-order valence-electron chi connectivity index (χ1n) is 4.99. The minimum absolute atomic E-state index is 0.0724. The van der Waals surface area contributed by atoms with E-state index in [1.807, 2.05) is 6.92 Å². The van der Waals surface area contributed by atoms with Crippen LogP contribution in [0.4, 0.5) is 5.69 Å². The smallest absolute Gasteiger partial charge is 0.240 e. The number of amides is 1. The molecule has 0 atom stereocenters. The van der Waals surface area contributed by atoms with Crippen LogP contribution in [0.15, 0.2) is 18.2 Å². The van der Waals surface area contributed by atoms with Crippen LogP contribution in [-0.2, 0) is 4.79 Å². The molecule has 0 spiro atoms. The Morgan fingerprint density at radius 2 is 1.94 bits per heavy atom. The van der Waals surface area contributed by atoms with Gasteiger partial charge in [-0.1, -0.05) is 36.2 Å². The molecular weight excluding hydrogens is 247 g/mol. The van der Waals surface area contributed by atoms with Crippen molar-refractivity contribution in [2.24, 2.45) is 0 Å². The number of likely N-dealkylation sites (N-methyl/N-ethyl adjacent to an activating group) is 2. The van der Waals surface area contributed by atoms with Crippen LogP contribution in [0.25, 0.3) is 0 Å². The fourth-order valence-electron chi connectivity index (χ4n) is 1.28. The minimum Gasteiger partial charge on any atom is -0.312 e. The number of nitrogens with one attached hydrogen (secondary N) is 1. The predicted octanol–water partition coefficient (Wildman–Crippen LogP) is 2.57. The Kier molecular flexibility index (Phi) is 5.06. The Morgan fingerprint density at radius 3 is 2.44 bits per heavy atom. The summed E-state index contributed by atoms with van der Waals surface area (Å²) in [7, 11) is 1.66. The van der Waals surface area contributed by atoms with Gasteiger partial charge in [-0.3, -0.25) is 4.79 Å². The van der Waals surface area contributed by atoms with E-state index in [0.29, 0.717) is 15.7 Å². The molecule has 0 aliphatic carbocycles. The Bertz CT molecular complexity index is 362. The molecule has 1 aromatic rings. The number of hydrogen-bond acceptors (Lipinski definition) is 2. The maximum absolute atomic E-state index is 11.8. The van der Waals surface area contributed by atoms with Gasteiger partial charge in [0, 0.05) is 7.05 Å². The maximum atomic E-state index is 11.8. The summed E-state index contributed by atoms with van der Waals surface area (Å²) < 4.78 is 0. The molecule has 1 aromatic carbocycles. The molecule has 1 N–H and O–H groups in total. The Labute approximate surface area is 105 Å². The van der Waals surface area contributed by atoms with Gasteiger partial charge in [-0.2, -0.15) is 0 Å². The molecule has 0 saturated carbocycles. The molecule has 0 saturated heterocycles. The van der Waals surface area contributed by atoms with Gasteiger partial charge in [0.1, 0.15) is 0 Å². The van der Waals surface area contributed by atoms with Crippen LogP contribution in [-0.4, -0.2) is 26.0 Å². The van der Waals surface area contributed by atoms with E-state index >= 15 is 0 Å². The quantitative estimate of drug-likeness (QED) is 0.903. The molecule has 88 valence electrons. The summed E-state index contributed by atoms with van der Waals surface area (Å²) in [4.78, 5) is 13.2. The number of hydrogen-bond donors (Lipinski definition) is 1. The highest BCUT2D eigenvalue weighted by Gasteiger charge is 2.16. The number of anilines is 1. The zero-order chi connectivity index (χ0) is 12.1. The van der Waals surface area contributed by atoms with Crippen LogP contribution in [0.1, 0.15) is 6.92 Å². The molecule has 0 aliphatic heterocycles. The van der Waals surface area contributed by atoms with Crippen molar-refractivity contribution in [1.29, 1.82) is 0 Å². The lowest BCUT2D eigenvalue weighted by Crippen LogP contribution is -2.35. The normalized spacial score (nSPS) is 10.2. The van der Waals surface area contributed by atoms with Gasteiger partial charge in [0.2, 0.25) is 5.91 Å². The first-order valence-corrected chi connectivity index (χ1v) is 5.74. The second-order valence-corrected chi connectivity index (χ2v) is 4.12. The molecule has 0 aromatic heterocycles. The molecule has 16 heavy (non-hydrogen) atoms. The van der Waals surface area contributed by atoms with Gasteiger partial charge in [-0.05, 0) is 18.7 Å². The van der Waals surface area contributed by atoms with E-state index in [1.54, 1.807) is 25.2 Å². The summed E-state index contributed by atoms with van der Waals surface area (Å²) >= 11 is 12.0. The topological polar surface area (TPSA) is 32.3 Å². The molecular formula is C11H14Cl2N2O. The van der Waals surface area contributed by atoms with Gasteiger partial charge in [-0.25, -0.2) is 0 Å². The van der Waals surface area contributed by atoms with Crippen LogP contribution in [0, 0.1) is 0 Å². The summed E-state index contributed by atoms with van der Waals surface area (Å²) in [5.41, 5.74) is 0.550. The van der Waals surface area contributed by atoms with E-state index in [4.69, 9.17) is 23.2 Å². The zero-order valence-electron chi connectivity index (χ0n) is 9.26. The molecule has 3 nitrogen and oxygen atoms in total. The summed E-state index contributed by atoms with van der Waals surface area (Å²) in [6.45, 7) is 2.96. The second kappa shape index (κ2) is 6.09. The monoisotopic (exact) mass is 260 g/mol. The SMILES string of the molecule is CCNCC(=O)N(C)c1c(Cl)cccc1Cl. The third kappa shape index (κ3) is 3.11. The van der Waals surface area contributed by atoms with Gasteiger partial charge in [-0.15, -0.1) is 0 Å². The third-order valence-corrected chi connectivity index (χ3v) is 2.78. The van der Waals surface area contributed by atoms with E-state index in [2.05, 4.69) is 5.32 Å². The van der Waals surface area contributed by atoms with Gasteiger partial charge < -0.3 is 10.2 Å². The van der Waals surface area contributed by atoms with Crippen molar-refractivity contribution in [2.75, 3.05) is 25.0 Å². The first kappa shape index (κ1) is 13.3. The first-order chi connectivity index (χ1) is 7.57. The number of carbonyl (C=O) groups is 1. The van der Waals surface area contributed by atoms with E-state index < -0.39 is 0 Å². The minimum atomic E-state index is -0.0724. The van der Waals surface area contributed by atoms with Crippen LogP contribution in [0.5, 0.6) is 0 Å². The lowest BCUT2D eigenvalue weighted by molar-refractivity contribution is -0.117. The summed E-state index contributed by atoms with van der Waals surface area (Å²) in [6, 6.07) is 5.16. The average Bonchev–Trinajstić information content (AvgIpc) is 2.25. The standard InChI is InChI=1S/C11H14Cl2N2O/c1-3-14-7-10(16)15(2)11-8(12)5-4-6-9(11)13/h4-6,14H,3,7H2,1-2H3. The largest absolute Gasteiger partial charge is 0.312 e. The Balaban J connectivity index is 2.87. The van der Waals surface area contributed by atoms with Crippen LogP contribution in [0.3, 0.4) is 0 Å². The molecule has 0 bridgehead atoms. The predicted molar refractivity (Wildman–Crippen MR) is 68.4 cm³/mol. The van der Waals surface area contributed by atoms with Crippen LogP contribution in [0.2, 0.25) is 10.0 Å². The van der Waals surface area contributed by atoms with E-state index in [0.717, 1.165) is 6.54 Å². The fourth-order valence-corrected chi connectivity index (χ4v) is 1.94. The Morgan fingerprint density at radius 1 is 1.38 bits per heavy atom. The highest BCUT2D eigenvalue weighted by Crippen LogP contribution is 2.32. The van der Waals surface area contributed by atoms with Gasteiger partial charge in [0.25, 0.3) is 0 Å². The van der Waals surface area contributed by atoms with Crippen molar-refractivity contribution in [3.8, 4) is 0 Å². The van der Waals surface area contributed by atoms with Crippen molar-refractivity contribution < 1.29 is 4.79 Å². The van der Waals surface area contributed by atoms with Crippen LogP contribution < -0.4 is 10.2 Å². The molecule has 5 heteroatoms. The molecule has 0 heterocycles. The molecule has 0 aliphatic rings. The molecule has 0 radical (unpaired) electrons. The maximum Gasteiger partial charge on any atom is 0.240 e. The van der Waals surface area contributed by atoms with Crippen molar-refractivity contribution >= 4 is 34.8 Å². The Hall–Kier alpha value is -0.770. The van der Waals surface area contributed by atoms with Gasteiger partial charge in [0.05, 0.1) is 22.3 Å². The van der Waals surface area contributed by atoms with Crippen molar-refractivity contribution in [2.45, 2.75) is 6.92 Å². The fraction of sp³-hybridized carbons (Fsp3) is 0.364. The van der Waals surface area contributed by atoms with Crippen molar-refractivity contribution in [3.05, 3.63) is 28.2 Å². The van der Waals surface area contributed by atoms with E-state index in [9.17, 15) is 4.79 Å². The molecule has 1 amide bonds. The number of halogens is 2. The lowest BCUT2D eigenvalue weighted by Gasteiger charge is -2.20. The summed E-state index contributed by atoms with van der Waals surface area (Å²) in [6.07, 6.45) is 0. The second-order valence-electron chi connectivity index (χ2n) is 3.30. The number of para-hydroxylation sites is 1. The van der Waals surface area contributed by atoms with Crippen LogP contribution >= 0.6 is 23.2 Å². The zero-order valence-corrected chi connectivity index (χ0v) is 10.8. The van der Waals surface area contributed by atoms with Crippen molar-refractivity contribution in [1.82, 2.24) is 5.32 Å². The lowest BCUT2D eigenvalue weighted by atomic mass is 10.3. The number of carbonyl (C=O) groups excluding carboxylic acids is 1. The van der Waals surface area contributed by atoms with E-state index in [1.165, 1.54) is 4.90 Å². The van der Waals surface area contributed by atoms with Gasteiger partial charge >= 0.3 is 0 Å². The van der Waals surface area contributed by atoms with Gasteiger partial charge in [0.15, 0.2) is 0 Å². The highest BCUT2D eigenvalue weighted by atomic mass is 35.5. The summed E-state index contributed by atoms with van der Waals surface area (Å²) in [5.74, 6) is -0.0724. The van der Waals surface area contributed by atoms with Crippen molar-refractivity contribution in [3.63, 3.8) is 0 Å².